The Balaban J connectivity index is 1.71. The van der Waals surface area contributed by atoms with Gasteiger partial charge in [-0.15, -0.1) is 11.3 Å². The molecule has 1 heterocycles. The molecule has 30 heavy (non-hydrogen) atoms. The van der Waals surface area contributed by atoms with Gasteiger partial charge in [-0.05, 0) is 36.4 Å². The van der Waals surface area contributed by atoms with Gasteiger partial charge in [-0.1, -0.05) is 12.1 Å². The lowest BCUT2D eigenvalue weighted by molar-refractivity contribution is -0.117. The van der Waals surface area contributed by atoms with Gasteiger partial charge in [0.05, 0.1) is 18.4 Å². The maximum Gasteiger partial charge on any atom is 0.275 e. The SMILES string of the molecule is COc1ccc(-c2nc(C(=O)Nc3ccccc3C(=O)NCCC(N)=O)cs2)cc1. The van der Waals surface area contributed by atoms with Crippen molar-refractivity contribution in [2.75, 3.05) is 19.0 Å². The lowest BCUT2D eigenvalue weighted by Gasteiger charge is -2.10. The van der Waals surface area contributed by atoms with E-state index in [1.807, 2.05) is 24.3 Å². The molecule has 0 aliphatic rings. The van der Waals surface area contributed by atoms with Gasteiger partial charge in [0, 0.05) is 23.9 Å². The van der Waals surface area contributed by atoms with Gasteiger partial charge in [0.15, 0.2) is 0 Å². The first kappa shape index (κ1) is 21.0. The third-order valence-electron chi connectivity index (χ3n) is 4.15. The van der Waals surface area contributed by atoms with Crippen molar-refractivity contribution in [3.8, 4) is 16.3 Å². The number of thiazole rings is 1. The molecule has 0 atom stereocenters. The molecule has 8 nitrogen and oxygen atoms in total. The third kappa shape index (κ3) is 5.21. The molecule has 1 aromatic heterocycles. The molecule has 0 aliphatic heterocycles. The molecule has 0 bridgehead atoms. The van der Waals surface area contributed by atoms with Crippen LogP contribution in [0.25, 0.3) is 10.6 Å². The lowest BCUT2D eigenvalue weighted by atomic mass is 10.1. The van der Waals surface area contributed by atoms with E-state index >= 15 is 0 Å². The van der Waals surface area contributed by atoms with Crippen LogP contribution in [0.5, 0.6) is 5.75 Å². The van der Waals surface area contributed by atoms with Crippen molar-refractivity contribution in [1.29, 1.82) is 0 Å². The first-order chi connectivity index (χ1) is 14.5. The Kier molecular flexibility index (Phi) is 6.76. The second-order valence-corrected chi connectivity index (χ2v) is 7.10. The summed E-state index contributed by atoms with van der Waals surface area (Å²) >= 11 is 1.34. The molecule has 0 saturated heterocycles. The van der Waals surface area contributed by atoms with Crippen LogP contribution in [0.15, 0.2) is 53.9 Å². The molecule has 154 valence electrons. The fraction of sp³-hybridized carbons (Fsp3) is 0.143. The molecule has 0 spiro atoms. The molecule has 9 heteroatoms. The van der Waals surface area contributed by atoms with Crippen LogP contribution in [0.1, 0.15) is 27.3 Å². The van der Waals surface area contributed by atoms with Gasteiger partial charge in [-0.25, -0.2) is 4.98 Å². The van der Waals surface area contributed by atoms with E-state index in [1.54, 1.807) is 36.8 Å². The number of ether oxygens (including phenoxy) is 1. The van der Waals surface area contributed by atoms with E-state index in [2.05, 4.69) is 15.6 Å². The summed E-state index contributed by atoms with van der Waals surface area (Å²) in [7, 11) is 1.59. The van der Waals surface area contributed by atoms with Gasteiger partial charge in [0.2, 0.25) is 5.91 Å². The van der Waals surface area contributed by atoms with Gasteiger partial charge in [-0.2, -0.15) is 0 Å². The van der Waals surface area contributed by atoms with Crippen LogP contribution in [0, 0.1) is 0 Å². The number of hydrogen-bond donors (Lipinski definition) is 3. The molecule has 0 aliphatic carbocycles. The number of carbonyl (C=O) groups excluding carboxylic acids is 3. The van der Waals surface area contributed by atoms with Crippen LogP contribution >= 0.6 is 11.3 Å². The largest absolute Gasteiger partial charge is 0.497 e. The van der Waals surface area contributed by atoms with Crippen LogP contribution in [-0.4, -0.2) is 36.4 Å². The first-order valence-electron chi connectivity index (χ1n) is 9.04. The maximum atomic E-state index is 12.7. The topological polar surface area (TPSA) is 123 Å². The van der Waals surface area contributed by atoms with E-state index < -0.39 is 17.7 Å². The number of primary amides is 1. The fourth-order valence-corrected chi connectivity index (χ4v) is 3.42. The van der Waals surface area contributed by atoms with Crippen molar-refractivity contribution in [3.63, 3.8) is 0 Å². The second-order valence-electron chi connectivity index (χ2n) is 6.24. The van der Waals surface area contributed by atoms with Gasteiger partial charge in [-0.3, -0.25) is 14.4 Å². The Morgan fingerprint density at radius 2 is 1.80 bits per heavy atom. The van der Waals surface area contributed by atoms with Gasteiger partial charge in [0.25, 0.3) is 11.8 Å². The molecule has 3 amide bonds. The Bertz CT molecular complexity index is 1060. The van der Waals surface area contributed by atoms with Crippen molar-refractivity contribution in [3.05, 3.63) is 65.2 Å². The standard InChI is InChI=1S/C21H20N4O4S/c1-29-14-8-6-13(7-9-14)21-25-17(12-30-21)20(28)24-16-5-3-2-4-15(16)19(27)23-11-10-18(22)26/h2-9,12H,10-11H2,1H3,(H2,22,26)(H,23,27)(H,24,28). The molecule has 0 radical (unpaired) electrons. The van der Waals surface area contributed by atoms with Crippen molar-refractivity contribution in [1.82, 2.24) is 10.3 Å². The highest BCUT2D eigenvalue weighted by molar-refractivity contribution is 7.13. The smallest absolute Gasteiger partial charge is 0.275 e. The lowest BCUT2D eigenvalue weighted by Crippen LogP contribution is -2.28. The third-order valence-corrected chi connectivity index (χ3v) is 5.04. The molecular weight excluding hydrogens is 404 g/mol. The van der Waals surface area contributed by atoms with E-state index in [9.17, 15) is 14.4 Å². The minimum atomic E-state index is -0.506. The van der Waals surface area contributed by atoms with Gasteiger partial charge >= 0.3 is 0 Å². The number of amides is 3. The fourth-order valence-electron chi connectivity index (χ4n) is 2.62. The number of benzene rings is 2. The number of rotatable bonds is 8. The van der Waals surface area contributed by atoms with Crippen LogP contribution in [0.2, 0.25) is 0 Å². The summed E-state index contributed by atoms with van der Waals surface area (Å²) in [5, 5.41) is 7.68. The summed E-state index contributed by atoms with van der Waals surface area (Å²) < 4.78 is 5.14. The number of para-hydroxylation sites is 1. The molecular formula is C21H20N4O4S. The summed E-state index contributed by atoms with van der Waals surface area (Å²) in [6.07, 6.45) is 0.0349. The predicted octanol–water partition coefficient (Wildman–Crippen LogP) is 2.68. The molecule has 2 aromatic carbocycles. The zero-order chi connectivity index (χ0) is 21.5. The molecule has 0 fully saturated rings. The summed E-state index contributed by atoms with van der Waals surface area (Å²) in [6.45, 7) is 0.119. The highest BCUT2D eigenvalue weighted by Crippen LogP contribution is 2.26. The summed E-state index contributed by atoms with van der Waals surface area (Å²) in [5.41, 5.74) is 6.82. The Hall–Kier alpha value is -3.72. The monoisotopic (exact) mass is 424 g/mol. The second kappa shape index (κ2) is 9.66. The van der Waals surface area contributed by atoms with Crippen molar-refractivity contribution < 1.29 is 19.1 Å². The minimum Gasteiger partial charge on any atom is -0.497 e. The molecule has 4 N–H and O–H groups in total. The van der Waals surface area contributed by atoms with E-state index in [0.717, 1.165) is 11.3 Å². The van der Waals surface area contributed by atoms with Crippen molar-refractivity contribution in [2.24, 2.45) is 5.73 Å². The first-order valence-corrected chi connectivity index (χ1v) is 9.92. The average Bonchev–Trinajstić information content (AvgIpc) is 3.24. The van der Waals surface area contributed by atoms with E-state index in [4.69, 9.17) is 10.5 Å². The van der Waals surface area contributed by atoms with Crippen LogP contribution in [-0.2, 0) is 4.79 Å². The Morgan fingerprint density at radius 1 is 1.07 bits per heavy atom. The van der Waals surface area contributed by atoms with Crippen LogP contribution < -0.4 is 21.1 Å². The maximum absolute atomic E-state index is 12.7. The number of nitrogens with one attached hydrogen (secondary N) is 2. The number of aromatic nitrogens is 1. The van der Waals surface area contributed by atoms with Gasteiger partial charge < -0.3 is 21.1 Å². The molecule has 3 rings (SSSR count). The Labute approximate surface area is 177 Å². The molecule has 0 saturated carbocycles. The van der Waals surface area contributed by atoms with Crippen LogP contribution in [0.3, 0.4) is 0 Å². The summed E-state index contributed by atoms with van der Waals surface area (Å²) in [5.74, 6) is -0.611. The van der Waals surface area contributed by atoms with E-state index in [1.165, 1.54) is 11.3 Å². The number of carbonyl (C=O) groups is 3. The van der Waals surface area contributed by atoms with E-state index in [-0.39, 0.29) is 24.2 Å². The normalized spacial score (nSPS) is 10.3. The molecule has 3 aromatic rings. The summed E-state index contributed by atoms with van der Waals surface area (Å²) in [6, 6.07) is 14.0. The number of anilines is 1. The Morgan fingerprint density at radius 3 is 2.50 bits per heavy atom. The van der Waals surface area contributed by atoms with Crippen molar-refractivity contribution >= 4 is 34.7 Å². The zero-order valence-corrected chi connectivity index (χ0v) is 17.0. The number of methoxy groups -OCH3 is 1. The summed E-state index contributed by atoms with van der Waals surface area (Å²) in [4.78, 5) is 40.2. The predicted molar refractivity (Wildman–Crippen MR) is 115 cm³/mol. The molecule has 0 unspecified atom stereocenters. The number of nitrogens with zero attached hydrogens (tertiary/aromatic N) is 1. The highest BCUT2D eigenvalue weighted by Gasteiger charge is 2.16. The highest BCUT2D eigenvalue weighted by atomic mass is 32.1. The average molecular weight is 424 g/mol. The zero-order valence-electron chi connectivity index (χ0n) is 16.2. The quantitative estimate of drug-likeness (QED) is 0.513. The number of hydrogen-bond acceptors (Lipinski definition) is 6. The van der Waals surface area contributed by atoms with Crippen LogP contribution in [0.4, 0.5) is 5.69 Å². The minimum absolute atomic E-state index is 0.0349. The van der Waals surface area contributed by atoms with Gasteiger partial charge in [0.1, 0.15) is 16.5 Å². The van der Waals surface area contributed by atoms with Crippen molar-refractivity contribution in [2.45, 2.75) is 6.42 Å². The number of nitrogens with two attached hydrogens (primary N) is 1. The van der Waals surface area contributed by atoms with E-state index in [0.29, 0.717) is 10.7 Å².